The molecule has 0 amide bonds. The second-order valence-corrected chi connectivity index (χ2v) is 8.82. The van der Waals surface area contributed by atoms with E-state index in [1.807, 2.05) is 12.1 Å². The van der Waals surface area contributed by atoms with Gasteiger partial charge in [-0.05, 0) is 54.0 Å². The Labute approximate surface area is 187 Å². The first-order valence-corrected chi connectivity index (χ1v) is 10.8. The number of ether oxygens (including phenoxy) is 1. The number of rotatable bonds is 6. The number of carbonyl (C=O) groups is 1. The maximum absolute atomic E-state index is 12.6. The fraction of sp³-hybridized carbons (Fsp3) is 0.158. The van der Waals surface area contributed by atoms with E-state index in [4.69, 9.17) is 4.74 Å². The number of carbonyl (C=O) groups excluding carboxylic acids is 1. The number of hydrogen-bond acceptors (Lipinski definition) is 6. The molecule has 150 valence electrons. The molecule has 0 aliphatic heterocycles. The zero-order valence-electron chi connectivity index (χ0n) is 15.4. The molecule has 0 saturated heterocycles. The molecule has 0 aliphatic rings. The normalized spacial score (nSPS) is 10.8. The molecule has 0 N–H and O–H groups in total. The highest BCUT2D eigenvalue weighted by Crippen LogP contribution is 2.37. The smallest absolute Gasteiger partial charge is 0.285 e. The third-order valence-corrected chi connectivity index (χ3v) is 6.45. The second kappa shape index (κ2) is 9.10. The van der Waals surface area contributed by atoms with Crippen LogP contribution in [-0.2, 0) is 0 Å². The van der Waals surface area contributed by atoms with Crippen molar-refractivity contribution < 1.29 is 14.5 Å². The molecule has 0 atom stereocenters. The highest BCUT2D eigenvalue weighted by molar-refractivity contribution is 9.11. The van der Waals surface area contributed by atoms with E-state index in [-0.39, 0.29) is 18.2 Å². The number of aryl methyl sites for hydroxylation is 1. The van der Waals surface area contributed by atoms with Crippen LogP contribution in [-0.4, -0.2) is 27.2 Å². The van der Waals surface area contributed by atoms with Crippen LogP contribution in [0.2, 0.25) is 0 Å². The molecular formula is C19H15Br2N3O4S. The SMILES string of the molecule is Cc1nn(C(=O)COc2ccc(Br)cc2Br)c(C)c1Sc1ccccc1[N+](=O)[O-]. The first-order chi connectivity index (χ1) is 13.8. The van der Waals surface area contributed by atoms with Crippen molar-refractivity contribution in [3.63, 3.8) is 0 Å². The first kappa shape index (κ1) is 21.5. The Hall–Kier alpha value is -2.17. The molecule has 0 radical (unpaired) electrons. The van der Waals surface area contributed by atoms with E-state index in [1.54, 1.807) is 38.1 Å². The van der Waals surface area contributed by atoms with E-state index in [1.165, 1.54) is 22.5 Å². The molecule has 29 heavy (non-hydrogen) atoms. The van der Waals surface area contributed by atoms with Crippen molar-refractivity contribution in [2.45, 2.75) is 23.6 Å². The van der Waals surface area contributed by atoms with Crippen LogP contribution in [0.25, 0.3) is 0 Å². The molecule has 0 saturated carbocycles. The van der Waals surface area contributed by atoms with Gasteiger partial charge in [-0.15, -0.1) is 0 Å². The third kappa shape index (κ3) is 4.88. The number of benzene rings is 2. The number of nitro groups is 1. The standard InChI is InChI=1S/C19H15Br2N3O4S/c1-11-19(29-17-6-4-3-5-15(17)24(26)27)12(2)23(22-11)18(25)10-28-16-8-7-13(20)9-14(16)21/h3-9H,10H2,1-2H3. The van der Waals surface area contributed by atoms with Crippen molar-refractivity contribution in [1.82, 2.24) is 9.78 Å². The van der Waals surface area contributed by atoms with Crippen molar-refractivity contribution in [3.8, 4) is 5.75 Å². The van der Waals surface area contributed by atoms with Gasteiger partial charge in [-0.2, -0.15) is 5.10 Å². The van der Waals surface area contributed by atoms with Gasteiger partial charge in [0.05, 0.1) is 30.6 Å². The summed E-state index contributed by atoms with van der Waals surface area (Å²) >= 11 is 7.98. The minimum Gasteiger partial charge on any atom is -0.482 e. The molecule has 2 aromatic carbocycles. The van der Waals surface area contributed by atoms with Crippen molar-refractivity contribution in [1.29, 1.82) is 0 Å². The van der Waals surface area contributed by atoms with E-state index in [0.29, 0.717) is 26.9 Å². The predicted octanol–water partition coefficient (Wildman–Crippen LogP) is 5.80. The van der Waals surface area contributed by atoms with Gasteiger partial charge in [-0.1, -0.05) is 39.8 Å². The number of aromatic nitrogens is 2. The summed E-state index contributed by atoms with van der Waals surface area (Å²) < 4.78 is 8.49. The highest BCUT2D eigenvalue weighted by atomic mass is 79.9. The Kier molecular flexibility index (Phi) is 6.76. The van der Waals surface area contributed by atoms with E-state index in [2.05, 4.69) is 37.0 Å². The zero-order valence-corrected chi connectivity index (χ0v) is 19.4. The summed E-state index contributed by atoms with van der Waals surface area (Å²) in [5.74, 6) is 0.201. The van der Waals surface area contributed by atoms with Crippen LogP contribution < -0.4 is 4.74 Å². The Bertz CT molecular complexity index is 1100. The van der Waals surface area contributed by atoms with Gasteiger partial charge < -0.3 is 4.74 Å². The summed E-state index contributed by atoms with van der Waals surface area (Å²) in [5, 5.41) is 15.6. The molecule has 7 nitrogen and oxygen atoms in total. The Morgan fingerprint density at radius 3 is 2.66 bits per heavy atom. The van der Waals surface area contributed by atoms with E-state index < -0.39 is 4.92 Å². The number of nitrogens with zero attached hydrogens (tertiary/aromatic N) is 3. The monoisotopic (exact) mass is 539 g/mol. The van der Waals surface area contributed by atoms with Crippen LogP contribution in [0.15, 0.2) is 61.2 Å². The Morgan fingerprint density at radius 2 is 1.97 bits per heavy atom. The summed E-state index contributed by atoms with van der Waals surface area (Å²) in [6, 6.07) is 11.9. The molecule has 1 aromatic heterocycles. The maximum atomic E-state index is 12.6. The summed E-state index contributed by atoms with van der Waals surface area (Å²) in [4.78, 5) is 24.7. The van der Waals surface area contributed by atoms with Crippen LogP contribution in [0.3, 0.4) is 0 Å². The van der Waals surface area contributed by atoms with Crippen molar-refractivity contribution in [2.24, 2.45) is 0 Å². The molecule has 3 aromatic rings. The molecule has 3 rings (SSSR count). The summed E-state index contributed by atoms with van der Waals surface area (Å²) in [5.41, 5.74) is 1.23. The van der Waals surface area contributed by atoms with E-state index in [0.717, 1.165) is 8.95 Å². The quantitative estimate of drug-likeness (QED) is 0.290. The summed E-state index contributed by atoms with van der Waals surface area (Å²) in [7, 11) is 0. The lowest BCUT2D eigenvalue weighted by Gasteiger charge is -2.09. The molecule has 0 unspecified atom stereocenters. The van der Waals surface area contributed by atoms with E-state index in [9.17, 15) is 14.9 Å². The minimum atomic E-state index is -0.424. The van der Waals surface area contributed by atoms with Crippen molar-refractivity contribution in [3.05, 3.63) is 72.9 Å². The van der Waals surface area contributed by atoms with Gasteiger partial charge in [0.1, 0.15) is 5.75 Å². The topological polar surface area (TPSA) is 87.3 Å². The van der Waals surface area contributed by atoms with Gasteiger partial charge in [0.15, 0.2) is 6.61 Å². The van der Waals surface area contributed by atoms with Gasteiger partial charge >= 0.3 is 0 Å². The summed E-state index contributed by atoms with van der Waals surface area (Å²) in [6.07, 6.45) is 0. The number of nitro benzene ring substituents is 1. The van der Waals surface area contributed by atoms with Gasteiger partial charge in [0.2, 0.25) is 0 Å². The van der Waals surface area contributed by atoms with Crippen LogP contribution in [0.1, 0.15) is 16.2 Å². The fourth-order valence-electron chi connectivity index (χ4n) is 2.62. The maximum Gasteiger partial charge on any atom is 0.285 e. The lowest BCUT2D eigenvalue weighted by Crippen LogP contribution is -2.21. The first-order valence-electron chi connectivity index (χ1n) is 8.36. The largest absolute Gasteiger partial charge is 0.482 e. The zero-order chi connectivity index (χ0) is 21.1. The van der Waals surface area contributed by atoms with Gasteiger partial charge in [-0.3, -0.25) is 14.9 Å². The lowest BCUT2D eigenvalue weighted by atomic mass is 10.3. The van der Waals surface area contributed by atoms with Crippen LogP contribution in [0.4, 0.5) is 5.69 Å². The van der Waals surface area contributed by atoms with Crippen molar-refractivity contribution in [2.75, 3.05) is 6.61 Å². The van der Waals surface area contributed by atoms with E-state index >= 15 is 0 Å². The fourth-order valence-corrected chi connectivity index (χ4v) is 4.81. The van der Waals surface area contributed by atoms with Crippen LogP contribution in [0.5, 0.6) is 5.75 Å². The summed E-state index contributed by atoms with van der Waals surface area (Å²) in [6.45, 7) is 3.32. The second-order valence-electron chi connectivity index (χ2n) is 6.00. The molecule has 1 heterocycles. The average Bonchev–Trinajstić information content (AvgIpc) is 2.95. The number of halogens is 2. The Morgan fingerprint density at radius 1 is 1.24 bits per heavy atom. The van der Waals surface area contributed by atoms with Crippen LogP contribution >= 0.6 is 43.6 Å². The molecule has 10 heteroatoms. The number of para-hydroxylation sites is 1. The lowest BCUT2D eigenvalue weighted by molar-refractivity contribution is -0.387. The third-order valence-electron chi connectivity index (χ3n) is 3.98. The Balaban J connectivity index is 1.80. The molecular weight excluding hydrogens is 526 g/mol. The van der Waals surface area contributed by atoms with Gasteiger partial charge in [0.25, 0.3) is 11.6 Å². The number of hydrogen-bond donors (Lipinski definition) is 0. The van der Waals surface area contributed by atoms with Gasteiger partial charge in [0, 0.05) is 10.5 Å². The molecule has 0 fully saturated rings. The van der Waals surface area contributed by atoms with Crippen molar-refractivity contribution >= 4 is 55.2 Å². The minimum absolute atomic E-state index is 0.0128. The highest BCUT2D eigenvalue weighted by Gasteiger charge is 2.21. The van der Waals surface area contributed by atoms with Crippen LogP contribution in [0, 0.1) is 24.0 Å². The predicted molar refractivity (Wildman–Crippen MR) is 117 cm³/mol. The molecule has 0 bridgehead atoms. The molecule has 0 aliphatic carbocycles. The van der Waals surface area contributed by atoms with Gasteiger partial charge in [-0.25, -0.2) is 4.68 Å². The average molecular weight is 541 g/mol. The molecule has 0 spiro atoms.